The Morgan fingerprint density at radius 1 is 0.926 bits per heavy atom. The SMILES string of the molecule is COc1ccc2c(c1)C1CC1(C(=O)N1CCCN(CCCN3CCOCC3)CC1)Cn1c-2c(C2CCCCC2)c2ccc(C(=O)NS(=O)(=O)C(C)C)cc21. The monoisotopic (exact) mass is 759 g/mol. The molecule has 0 bridgehead atoms. The fraction of sp³-hybridized carbons (Fsp3) is 0.619. The molecular weight excluding hydrogens is 703 g/mol. The van der Waals surface area contributed by atoms with Gasteiger partial charge in [0.25, 0.3) is 5.91 Å². The molecule has 0 radical (unpaired) electrons. The molecule has 4 fully saturated rings. The van der Waals surface area contributed by atoms with Crippen LogP contribution in [0.25, 0.3) is 22.2 Å². The summed E-state index contributed by atoms with van der Waals surface area (Å²) < 4.78 is 41.4. The predicted octanol–water partition coefficient (Wildman–Crippen LogP) is 5.58. The highest BCUT2D eigenvalue weighted by Gasteiger charge is 2.64. The number of amides is 2. The van der Waals surface area contributed by atoms with Crippen LogP contribution in [0.3, 0.4) is 0 Å². The standard InChI is InChI=1S/C42H57N5O6S/c1-29(2)54(50,51)43-40(48)31-11-13-34-37(25-31)47-28-42(41(49)46-18-8-17-44(19-20-46)15-7-16-45-21-23-53-24-22-45)27-36(42)35-26-32(52-3)12-14-33(35)39(47)38(34)30-9-5-4-6-10-30/h11-14,25-26,29-30,36H,4-10,15-24,27-28H2,1-3H3,(H,43,48). The summed E-state index contributed by atoms with van der Waals surface area (Å²) in [7, 11) is -2.11. The van der Waals surface area contributed by atoms with Crippen molar-refractivity contribution in [1.82, 2.24) is 24.0 Å². The van der Waals surface area contributed by atoms with E-state index in [1.165, 1.54) is 30.4 Å². The first kappa shape index (κ1) is 37.5. The maximum absolute atomic E-state index is 15.1. The summed E-state index contributed by atoms with van der Waals surface area (Å²) in [5, 5.41) is 0.353. The molecule has 3 aliphatic heterocycles. The maximum Gasteiger partial charge on any atom is 0.264 e. The van der Waals surface area contributed by atoms with Gasteiger partial charge in [-0.1, -0.05) is 25.3 Å². The van der Waals surface area contributed by atoms with Gasteiger partial charge in [0, 0.05) is 67.2 Å². The Labute approximate surface area is 320 Å². The van der Waals surface area contributed by atoms with Crippen LogP contribution >= 0.6 is 0 Å². The number of fused-ring (bicyclic) bond motifs is 7. The van der Waals surface area contributed by atoms with Gasteiger partial charge in [-0.25, -0.2) is 13.1 Å². The van der Waals surface area contributed by atoms with Crippen molar-refractivity contribution in [3.8, 4) is 17.0 Å². The van der Waals surface area contributed by atoms with Crippen molar-refractivity contribution >= 4 is 32.7 Å². The molecule has 54 heavy (non-hydrogen) atoms. The van der Waals surface area contributed by atoms with E-state index < -0.39 is 26.6 Å². The molecule has 2 aromatic carbocycles. The molecule has 292 valence electrons. The summed E-state index contributed by atoms with van der Waals surface area (Å²) in [6, 6.07) is 12.0. The molecule has 2 saturated heterocycles. The zero-order valence-electron chi connectivity index (χ0n) is 32.3. The van der Waals surface area contributed by atoms with E-state index in [2.05, 4.69) is 36.1 Å². The number of nitrogens with zero attached hydrogens (tertiary/aromatic N) is 4. The topological polar surface area (TPSA) is 113 Å². The second-order valence-corrected chi connectivity index (χ2v) is 18.8. The average Bonchev–Trinajstić information content (AvgIpc) is 3.91. The van der Waals surface area contributed by atoms with Gasteiger partial charge in [0.2, 0.25) is 15.9 Å². The van der Waals surface area contributed by atoms with Crippen LogP contribution in [-0.4, -0.2) is 117 Å². The van der Waals surface area contributed by atoms with E-state index in [-0.39, 0.29) is 11.8 Å². The third kappa shape index (κ3) is 7.08. The van der Waals surface area contributed by atoms with Crippen molar-refractivity contribution < 1.29 is 27.5 Å². The number of sulfonamides is 1. The molecule has 11 nitrogen and oxygen atoms in total. The number of ether oxygens (including phenoxy) is 2. The fourth-order valence-corrected chi connectivity index (χ4v) is 10.4. The zero-order valence-corrected chi connectivity index (χ0v) is 33.1. The first-order valence-corrected chi connectivity index (χ1v) is 21.9. The first-order valence-electron chi connectivity index (χ1n) is 20.3. The molecule has 2 saturated carbocycles. The minimum absolute atomic E-state index is 0.0554. The maximum atomic E-state index is 15.1. The van der Waals surface area contributed by atoms with Crippen molar-refractivity contribution in [2.45, 2.75) is 88.8 Å². The molecule has 12 heteroatoms. The lowest BCUT2D eigenvalue weighted by atomic mass is 9.81. The number of hydrogen-bond donors (Lipinski definition) is 1. The summed E-state index contributed by atoms with van der Waals surface area (Å²) in [4.78, 5) is 35.7. The van der Waals surface area contributed by atoms with Gasteiger partial charge in [-0.05, 0) is 113 Å². The van der Waals surface area contributed by atoms with E-state index in [1.54, 1.807) is 27.0 Å². The van der Waals surface area contributed by atoms with Crippen LogP contribution in [0.4, 0.5) is 0 Å². The Hall–Kier alpha value is -3.45. The van der Waals surface area contributed by atoms with Gasteiger partial charge < -0.3 is 23.8 Å². The molecular formula is C42H57N5O6S. The molecule has 1 N–H and O–H groups in total. The predicted molar refractivity (Wildman–Crippen MR) is 211 cm³/mol. The molecule has 1 aromatic heterocycles. The van der Waals surface area contributed by atoms with Crippen molar-refractivity contribution in [1.29, 1.82) is 0 Å². The number of benzene rings is 2. The summed E-state index contributed by atoms with van der Waals surface area (Å²) in [6.45, 7) is 12.8. The quantitative estimate of drug-likeness (QED) is 0.286. The number of morpholine rings is 1. The van der Waals surface area contributed by atoms with Gasteiger partial charge in [-0.15, -0.1) is 0 Å². The molecule has 2 atom stereocenters. The van der Waals surface area contributed by atoms with Crippen molar-refractivity contribution in [2.75, 3.05) is 72.7 Å². The van der Waals surface area contributed by atoms with E-state index in [4.69, 9.17) is 9.47 Å². The molecule has 0 spiro atoms. The number of carbonyl (C=O) groups excluding carboxylic acids is 2. The fourth-order valence-electron chi connectivity index (χ4n) is 9.78. The van der Waals surface area contributed by atoms with E-state index in [0.717, 1.165) is 126 Å². The van der Waals surface area contributed by atoms with Gasteiger partial charge in [0.1, 0.15) is 5.75 Å². The van der Waals surface area contributed by atoms with Crippen LogP contribution in [0.15, 0.2) is 36.4 Å². The van der Waals surface area contributed by atoms with E-state index in [1.807, 2.05) is 18.2 Å². The van der Waals surface area contributed by atoms with E-state index in [0.29, 0.717) is 18.0 Å². The van der Waals surface area contributed by atoms with Crippen molar-refractivity contribution in [3.05, 3.63) is 53.1 Å². The Kier molecular flexibility index (Phi) is 10.6. The first-order chi connectivity index (χ1) is 26.1. The molecule has 2 amide bonds. The van der Waals surface area contributed by atoms with Gasteiger partial charge in [0.05, 0.1) is 36.7 Å². The van der Waals surface area contributed by atoms with Crippen LogP contribution in [0.1, 0.15) is 98.5 Å². The van der Waals surface area contributed by atoms with Crippen molar-refractivity contribution in [3.63, 3.8) is 0 Å². The Bertz CT molecular complexity index is 2000. The second-order valence-electron chi connectivity index (χ2n) is 16.6. The minimum atomic E-state index is -3.81. The Balaban J connectivity index is 1.15. The smallest absolute Gasteiger partial charge is 0.264 e. The molecule has 5 aliphatic rings. The second kappa shape index (κ2) is 15.2. The molecule has 2 unspecified atom stereocenters. The third-order valence-electron chi connectivity index (χ3n) is 13.0. The average molecular weight is 760 g/mol. The number of aromatic nitrogens is 1. The highest BCUT2D eigenvalue weighted by molar-refractivity contribution is 7.90. The molecule has 8 rings (SSSR count). The lowest BCUT2D eigenvalue weighted by Gasteiger charge is -2.29. The summed E-state index contributed by atoms with van der Waals surface area (Å²) in [5.74, 6) is 0.795. The summed E-state index contributed by atoms with van der Waals surface area (Å²) >= 11 is 0. The summed E-state index contributed by atoms with van der Waals surface area (Å²) in [5.41, 5.74) is 5.32. The summed E-state index contributed by atoms with van der Waals surface area (Å²) in [6.07, 6.45) is 8.59. The largest absolute Gasteiger partial charge is 0.497 e. The van der Waals surface area contributed by atoms with Gasteiger partial charge in [0.15, 0.2) is 0 Å². The number of carbonyl (C=O) groups is 2. The minimum Gasteiger partial charge on any atom is -0.497 e. The van der Waals surface area contributed by atoms with Crippen LogP contribution in [0.5, 0.6) is 5.75 Å². The van der Waals surface area contributed by atoms with Gasteiger partial charge >= 0.3 is 0 Å². The van der Waals surface area contributed by atoms with Crippen molar-refractivity contribution in [2.24, 2.45) is 5.41 Å². The van der Waals surface area contributed by atoms with Crippen LogP contribution < -0.4 is 9.46 Å². The number of methoxy groups -OCH3 is 1. The normalized spacial score (nSPS) is 24.0. The van der Waals surface area contributed by atoms with Crippen LogP contribution in [-0.2, 0) is 26.1 Å². The van der Waals surface area contributed by atoms with E-state index in [9.17, 15) is 13.2 Å². The number of hydrogen-bond acceptors (Lipinski definition) is 8. The highest BCUT2D eigenvalue weighted by atomic mass is 32.2. The van der Waals surface area contributed by atoms with Crippen LogP contribution in [0.2, 0.25) is 0 Å². The molecule has 3 aromatic rings. The number of nitrogens with one attached hydrogen (secondary N) is 1. The van der Waals surface area contributed by atoms with Gasteiger partial charge in [-0.3, -0.25) is 14.5 Å². The van der Waals surface area contributed by atoms with Crippen LogP contribution in [0, 0.1) is 5.41 Å². The molecule has 4 heterocycles. The van der Waals surface area contributed by atoms with E-state index >= 15 is 4.79 Å². The highest BCUT2D eigenvalue weighted by Crippen LogP contribution is 2.66. The lowest BCUT2D eigenvalue weighted by Crippen LogP contribution is -2.42. The Morgan fingerprint density at radius 3 is 2.43 bits per heavy atom. The third-order valence-corrected chi connectivity index (χ3v) is 14.7. The Morgan fingerprint density at radius 2 is 1.69 bits per heavy atom. The molecule has 2 aliphatic carbocycles. The van der Waals surface area contributed by atoms with Gasteiger partial charge in [-0.2, -0.15) is 0 Å². The zero-order chi connectivity index (χ0) is 37.6. The lowest BCUT2D eigenvalue weighted by molar-refractivity contribution is -0.137. The number of rotatable bonds is 10.